The Morgan fingerprint density at radius 3 is 2.79 bits per heavy atom. The van der Waals surface area contributed by atoms with E-state index >= 15 is 0 Å². The summed E-state index contributed by atoms with van der Waals surface area (Å²) in [5.41, 5.74) is 6.86. The van der Waals surface area contributed by atoms with Gasteiger partial charge in [0, 0.05) is 29.4 Å². The lowest BCUT2D eigenvalue weighted by molar-refractivity contribution is -0.121. The molecule has 1 fully saturated rings. The number of carbonyl (C=O) groups excluding carboxylic acids is 2. The van der Waals surface area contributed by atoms with Crippen molar-refractivity contribution >= 4 is 39.3 Å². The van der Waals surface area contributed by atoms with Crippen LogP contribution in [-0.2, 0) is 16.0 Å². The molecule has 3 aromatic rings. The van der Waals surface area contributed by atoms with Crippen molar-refractivity contribution in [3.05, 3.63) is 46.7 Å². The molecule has 2 aromatic heterocycles. The molecule has 0 bridgehead atoms. The highest BCUT2D eigenvalue weighted by atomic mass is 32.1. The number of carbonyl (C=O) groups is 2. The second-order valence-electron chi connectivity index (χ2n) is 6.45. The molecule has 1 aliphatic rings. The number of morpholine rings is 1. The normalized spacial score (nSPS) is 14.2. The van der Waals surface area contributed by atoms with Crippen LogP contribution < -0.4 is 15.8 Å². The summed E-state index contributed by atoms with van der Waals surface area (Å²) in [5, 5.41) is 3.61. The van der Waals surface area contributed by atoms with E-state index in [9.17, 15) is 9.59 Å². The van der Waals surface area contributed by atoms with Crippen LogP contribution in [0.4, 0.5) is 5.13 Å². The Bertz CT molecular complexity index is 1010. The molecular weight excluding hydrogens is 380 g/mol. The summed E-state index contributed by atoms with van der Waals surface area (Å²) in [4.78, 5) is 31.2. The van der Waals surface area contributed by atoms with Crippen LogP contribution in [-0.4, -0.2) is 43.1 Å². The van der Waals surface area contributed by atoms with Gasteiger partial charge in [0.25, 0.3) is 0 Å². The molecule has 9 heteroatoms. The fraction of sp³-hybridized carbons (Fsp3) is 0.316. The van der Waals surface area contributed by atoms with Gasteiger partial charge < -0.3 is 14.1 Å². The molecule has 2 N–H and O–H groups in total. The summed E-state index contributed by atoms with van der Waals surface area (Å²) in [6.07, 6.45) is 0.0836. The highest BCUT2D eigenvalue weighted by molar-refractivity contribution is 7.13. The second-order valence-corrected chi connectivity index (χ2v) is 7.29. The van der Waals surface area contributed by atoms with Crippen LogP contribution in [0, 0.1) is 6.92 Å². The first kappa shape index (κ1) is 18.5. The van der Waals surface area contributed by atoms with E-state index in [1.807, 2.05) is 30.5 Å². The van der Waals surface area contributed by atoms with E-state index < -0.39 is 5.91 Å². The molecule has 0 saturated carbocycles. The molecule has 0 radical (unpaired) electrons. The van der Waals surface area contributed by atoms with Crippen molar-refractivity contribution in [3.8, 4) is 0 Å². The molecule has 1 aliphatic heterocycles. The molecule has 1 saturated heterocycles. The quantitative estimate of drug-likeness (QED) is 0.651. The van der Waals surface area contributed by atoms with Gasteiger partial charge in [0.1, 0.15) is 5.58 Å². The number of aromatic nitrogens is 1. The zero-order valence-corrected chi connectivity index (χ0v) is 16.2. The maximum absolute atomic E-state index is 12.4. The number of benzene rings is 1. The summed E-state index contributed by atoms with van der Waals surface area (Å²) in [5.74, 6) is -0.653. The van der Waals surface area contributed by atoms with Gasteiger partial charge in [-0.15, -0.1) is 11.3 Å². The molecular formula is C19H20N4O4S. The van der Waals surface area contributed by atoms with Gasteiger partial charge in [-0.25, -0.2) is 4.98 Å². The Kier molecular flexibility index (Phi) is 5.27. The molecule has 3 heterocycles. The highest BCUT2D eigenvalue weighted by Gasteiger charge is 2.19. The van der Waals surface area contributed by atoms with Crippen molar-refractivity contribution in [3.63, 3.8) is 0 Å². The third kappa shape index (κ3) is 3.85. The number of ether oxygens (including phenoxy) is 1. The van der Waals surface area contributed by atoms with Crippen molar-refractivity contribution in [1.82, 2.24) is 15.8 Å². The smallest absolute Gasteiger partial charge is 0.305 e. The number of hydrazine groups is 1. The van der Waals surface area contributed by atoms with Crippen LogP contribution >= 0.6 is 11.3 Å². The van der Waals surface area contributed by atoms with Crippen LogP contribution in [0.25, 0.3) is 11.0 Å². The largest absolute Gasteiger partial charge is 0.451 e. The average molecular weight is 400 g/mol. The first-order chi connectivity index (χ1) is 13.6. The van der Waals surface area contributed by atoms with E-state index in [2.05, 4.69) is 20.7 Å². The molecule has 0 atom stereocenters. The number of fused-ring (bicyclic) bond motifs is 1. The number of aryl methyl sites for hydroxylation is 1. The van der Waals surface area contributed by atoms with Crippen LogP contribution in [0.2, 0.25) is 0 Å². The Morgan fingerprint density at radius 2 is 2.00 bits per heavy atom. The fourth-order valence-corrected chi connectivity index (χ4v) is 3.94. The predicted molar refractivity (Wildman–Crippen MR) is 105 cm³/mol. The van der Waals surface area contributed by atoms with Gasteiger partial charge in [-0.05, 0) is 13.0 Å². The van der Waals surface area contributed by atoms with Crippen molar-refractivity contribution in [2.24, 2.45) is 0 Å². The standard InChI is InChI=1S/C19H20N4O4S/c1-12-14-4-2-3-5-15(14)27-17(12)18(25)22-21-16(24)10-13-11-28-19(20-13)23-6-8-26-9-7-23/h2-5,11H,6-10H2,1H3,(H,21,24)(H,22,25). The van der Waals surface area contributed by atoms with Gasteiger partial charge in [0.15, 0.2) is 10.9 Å². The number of thiazole rings is 1. The number of rotatable bonds is 4. The van der Waals surface area contributed by atoms with Crippen molar-refractivity contribution in [2.45, 2.75) is 13.3 Å². The van der Waals surface area contributed by atoms with Crippen LogP contribution in [0.3, 0.4) is 0 Å². The molecule has 146 valence electrons. The van der Waals surface area contributed by atoms with Crippen molar-refractivity contribution in [2.75, 3.05) is 31.2 Å². The van der Waals surface area contributed by atoms with Crippen LogP contribution in [0.1, 0.15) is 21.8 Å². The van der Waals surface area contributed by atoms with Gasteiger partial charge in [0.2, 0.25) is 5.91 Å². The van der Waals surface area contributed by atoms with Crippen molar-refractivity contribution in [1.29, 1.82) is 0 Å². The maximum Gasteiger partial charge on any atom is 0.305 e. The summed E-state index contributed by atoms with van der Waals surface area (Å²) >= 11 is 1.50. The maximum atomic E-state index is 12.4. The third-order valence-corrected chi connectivity index (χ3v) is 5.48. The lowest BCUT2D eigenvalue weighted by Crippen LogP contribution is -2.42. The number of furan rings is 1. The van der Waals surface area contributed by atoms with E-state index in [-0.39, 0.29) is 18.1 Å². The minimum absolute atomic E-state index is 0.0836. The number of anilines is 1. The first-order valence-corrected chi connectivity index (χ1v) is 9.84. The average Bonchev–Trinajstić information content (AvgIpc) is 3.32. The Morgan fingerprint density at radius 1 is 1.21 bits per heavy atom. The third-order valence-electron chi connectivity index (χ3n) is 4.53. The number of hydrogen-bond acceptors (Lipinski definition) is 7. The van der Waals surface area contributed by atoms with Crippen LogP contribution in [0.15, 0.2) is 34.1 Å². The molecule has 1 aromatic carbocycles. The van der Waals surface area contributed by atoms with Gasteiger partial charge >= 0.3 is 5.91 Å². The van der Waals surface area contributed by atoms with Gasteiger partial charge in [0.05, 0.1) is 25.3 Å². The van der Waals surface area contributed by atoms with Gasteiger partial charge in [-0.3, -0.25) is 20.4 Å². The van der Waals surface area contributed by atoms with Crippen LogP contribution in [0.5, 0.6) is 0 Å². The number of para-hydroxylation sites is 1. The molecule has 28 heavy (non-hydrogen) atoms. The highest BCUT2D eigenvalue weighted by Crippen LogP contribution is 2.24. The molecule has 4 rings (SSSR count). The first-order valence-electron chi connectivity index (χ1n) is 8.96. The number of nitrogens with one attached hydrogen (secondary N) is 2. The molecule has 0 unspecified atom stereocenters. The Labute approximate surface area is 165 Å². The molecule has 0 spiro atoms. The summed E-state index contributed by atoms with van der Waals surface area (Å²) < 4.78 is 10.9. The van der Waals surface area contributed by atoms with E-state index in [1.54, 1.807) is 6.07 Å². The summed E-state index contributed by atoms with van der Waals surface area (Å²) in [7, 11) is 0. The van der Waals surface area contributed by atoms with E-state index in [1.165, 1.54) is 11.3 Å². The van der Waals surface area contributed by atoms with Gasteiger partial charge in [-0.2, -0.15) is 0 Å². The van der Waals surface area contributed by atoms with E-state index in [4.69, 9.17) is 9.15 Å². The molecule has 8 nitrogen and oxygen atoms in total. The predicted octanol–water partition coefficient (Wildman–Crippen LogP) is 2.04. The zero-order valence-electron chi connectivity index (χ0n) is 15.4. The van der Waals surface area contributed by atoms with E-state index in [0.717, 1.165) is 29.2 Å². The summed E-state index contributed by atoms with van der Waals surface area (Å²) in [6, 6.07) is 7.41. The molecule has 2 amide bonds. The number of amides is 2. The summed E-state index contributed by atoms with van der Waals surface area (Å²) in [6.45, 7) is 4.77. The fourth-order valence-electron chi connectivity index (χ4n) is 3.06. The minimum Gasteiger partial charge on any atom is -0.451 e. The Hall–Kier alpha value is -2.91. The molecule has 0 aliphatic carbocycles. The lowest BCUT2D eigenvalue weighted by Gasteiger charge is -2.26. The van der Waals surface area contributed by atoms with Gasteiger partial charge in [-0.1, -0.05) is 18.2 Å². The minimum atomic E-state index is -0.491. The second kappa shape index (κ2) is 7.99. The number of nitrogens with zero attached hydrogens (tertiary/aromatic N) is 2. The lowest BCUT2D eigenvalue weighted by atomic mass is 10.1. The number of hydrogen-bond donors (Lipinski definition) is 2. The SMILES string of the molecule is Cc1c(C(=O)NNC(=O)Cc2csc(N3CCOCC3)n2)oc2ccccc12. The topological polar surface area (TPSA) is 96.7 Å². The monoisotopic (exact) mass is 400 g/mol. The Balaban J connectivity index is 1.33. The zero-order chi connectivity index (χ0) is 19.5. The van der Waals surface area contributed by atoms with E-state index in [0.29, 0.717) is 24.5 Å². The van der Waals surface area contributed by atoms with Crippen molar-refractivity contribution < 1.29 is 18.7 Å².